The van der Waals surface area contributed by atoms with Crippen LogP contribution < -0.4 is 4.90 Å². The number of hydrogen-bond donors (Lipinski definition) is 0. The monoisotopic (exact) mass is 405 g/mol. The Labute approximate surface area is 171 Å². The lowest BCUT2D eigenvalue weighted by Gasteiger charge is -2.36. The van der Waals surface area contributed by atoms with E-state index in [1.807, 2.05) is 35.0 Å². The zero-order chi connectivity index (χ0) is 17.8. The summed E-state index contributed by atoms with van der Waals surface area (Å²) in [6, 6.07) is 16.3. The number of nitrogens with zero attached hydrogens (tertiary/aromatic N) is 5. The second kappa shape index (κ2) is 9.40. The minimum absolute atomic E-state index is 0. The van der Waals surface area contributed by atoms with Crippen molar-refractivity contribution >= 4 is 40.7 Å². The molecule has 7 heteroatoms. The predicted molar refractivity (Wildman–Crippen MR) is 114 cm³/mol. The number of rotatable bonds is 6. The highest BCUT2D eigenvalue weighted by Gasteiger charge is 2.17. The number of unbranched alkanes of at least 4 members (excludes halogenated alkanes) is 1. The van der Waals surface area contributed by atoms with E-state index in [-0.39, 0.29) is 12.4 Å². The van der Waals surface area contributed by atoms with Crippen molar-refractivity contribution in [2.75, 3.05) is 37.6 Å². The molecule has 1 fully saturated rings. The maximum Gasteiger partial charge on any atom is 0.113 e. The fourth-order valence-electron chi connectivity index (χ4n) is 3.58. The Morgan fingerprint density at radius 2 is 1.67 bits per heavy atom. The Kier molecular flexibility index (Phi) is 6.94. The fourth-order valence-corrected chi connectivity index (χ4v) is 3.77. The van der Waals surface area contributed by atoms with Crippen molar-refractivity contribution in [1.82, 2.24) is 19.9 Å². The maximum atomic E-state index is 6.11. The third kappa shape index (κ3) is 4.92. The Morgan fingerprint density at radius 1 is 0.889 bits per heavy atom. The van der Waals surface area contributed by atoms with E-state index in [9.17, 15) is 0 Å². The molecule has 3 aromatic rings. The molecular formula is C20H25Cl2N5. The third-order valence-electron chi connectivity index (χ3n) is 5.06. The molecule has 1 saturated heterocycles. The van der Waals surface area contributed by atoms with Crippen LogP contribution in [0, 0.1) is 0 Å². The largest absolute Gasteiger partial charge is 0.369 e. The quantitative estimate of drug-likeness (QED) is 0.578. The molecule has 5 nitrogen and oxygen atoms in total. The van der Waals surface area contributed by atoms with E-state index in [1.54, 1.807) is 0 Å². The van der Waals surface area contributed by atoms with Crippen molar-refractivity contribution < 1.29 is 0 Å². The van der Waals surface area contributed by atoms with Crippen LogP contribution in [-0.4, -0.2) is 52.6 Å². The number of anilines is 1. The topological polar surface area (TPSA) is 37.2 Å². The lowest BCUT2D eigenvalue weighted by Crippen LogP contribution is -2.46. The van der Waals surface area contributed by atoms with Gasteiger partial charge in [0, 0.05) is 43.4 Å². The number of benzene rings is 2. The molecule has 0 atom stereocenters. The summed E-state index contributed by atoms with van der Waals surface area (Å²) in [6.45, 7) is 6.43. The van der Waals surface area contributed by atoms with Crippen LogP contribution in [0.4, 0.5) is 5.69 Å². The molecular weight excluding hydrogens is 381 g/mol. The minimum Gasteiger partial charge on any atom is -0.369 e. The summed E-state index contributed by atoms with van der Waals surface area (Å²) in [6.07, 6.45) is 2.31. The first-order valence-electron chi connectivity index (χ1n) is 9.31. The second-order valence-electron chi connectivity index (χ2n) is 6.82. The average Bonchev–Trinajstić information content (AvgIpc) is 3.09. The van der Waals surface area contributed by atoms with Gasteiger partial charge in [-0.1, -0.05) is 35.0 Å². The molecule has 0 spiro atoms. The Hall–Kier alpha value is -1.82. The molecule has 1 aromatic heterocycles. The number of halogens is 2. The van der Waals surface area contributed by atoms with Gasteiger partial charge < -0.3 is 4.90 Å². The molecule has 2 aromatic carbocycles. The van der Waals surface area contributed by atoms with Crippen LogP contribution in [-0.2, 0) is 6.54 Å². The number of fused-ring (bicyclic) bond motifs is 1. The molecule has 0 amide bonds. The van der Waals surface area contributed by atoms with Crippen molar-refractivity contribution in [3.05, 3.63) is 53.6 Å². The van der Waals surface area contributed by atoms with Crippen LogP contribution in [0.1, 0.15) is 12.8 Å². The van der Waals surface area contributed by atoms with Gasteiger partial charge in [0.2, 0.25) is 0 Å². The molecule has 0 saturated carbocycles. The standard InChI is InChI=1S/C20H24ClN5.ClH/c21-17-6-5-7-18(16-17)25-14-12-24(13-15-25)10-3-4-11-26-20-9-2-1-8-19(20)22-23-26;/h1-2,5-9,16H,3-4,10-15H2;1H. The fraction of sp³-hybridized carbons (Fsp3) is 0.400. The molecule has 1 aliphatic rings. The van der Waals surface area contributed by atoms with Crippen molar-refractivity contribution in [3.63, 3.8) is 0 Å². The van der Waals surface area contributed by atoms with Gasteiger partial charge >= 0.3 is 0 Å². The van der Waals surface area contributed by atoms with Gasteiger partial charge in [-0.05, 0) is 49.7 Å². The van der Waals surface area contributed by atoms with Crippen LogP contribution >= 0.6 is 24.0 Å². The lowest BCUT2D eigenvalue weighted by molar-refractivity contribution is 0.251. The Bertz CT molecular complexity index is 858. The van der Waals surface area contributed by atoms with Crippen molar-refractivity contribution in [2.45, 2.75) is 19.4 Å². The third-order valence-corrected chi connectivity index (χ3v) is 5.30. The highest BCUT2D eigenvalue weighted by Crippen LogP contribution is 2.21. The summed E-state index contributed by atoms with van der Waals surface area (Å²) in [7, 11) is 0. The molecule has 144 valence electrons. The molecule has 1 aliphatic heterocycles. The molecule has 27 heavy (non-hydrogen) atoms. The molecule has 0 bridgehead atoms. The second-order valence-corrected chi connectivity index (χ2v) is 7.25. The summed E-state index contributed by atoms with van der Waals surface area (Å²) in [5.74, 6) is 0. The molecule has 0 unspecified atom stereocenters. The molecule has 0 aliphatic carbocycles. The summed E-state index contributed by atoms with van der Waals surface area (Å²) >= 11 is 6.11. The molecule has 0 radical (unpaired) electrons. The van der Waals surface area contributed by atoms with Crippen LogP contribution in [0.3, 0.4) is 0 Å². The average molecular weight is 406 g/mol. The first-order valence-corrected chi connectivity index (χ1v) is 9.68. The zero-order valence-corrected chi connectivity index (χ0v) is 16.9. The normalized spacial score (nSPS) is 15.1. The highest BCUT2D eigenvalue weighted by molar-refractivity contribution is 6.30. The summed E-state index contributed by atoms with van der Waals surface area (Å²) in [4.78, 5) is 4.98. The van der Waals surface area contributed by atoms with E-state index in [2.05, 4.69) is 38.3 Å². The number of para-hydroxylation sites is 1. The SMILES string of the molecule is Cl.Clc1cccc(N2CCN(CCCCn3nnc4ccccc43)CC2)c1. The van der Waals surface area contributed by atoms with E-state index >= 15 is 0 Å². The van der Waals surface area contributed by atoms with Gasteiger partial charge in [0.05, 0.1) is 5.52 Å². The van der Waals surface area contributed by atoms with Crippen LogP contribution in [0.25, 0.3) is 11.0 Å². The van der Waals surface area contributed by atoms with Crippen molar-refractivity contribution in [3.8, 4) is 0 Å². The van der Waals surface area contributed by atoms with Gasteiger partial charge in [-0.2, -0.15) is 0 Å². The van der Waals surface area contributed by atoms with Crippen LogP contribution in [0.2, 0.25) is 5.02 Å². The number of piperazine rings is 1. The highest BCUT2D eigenvalue weighted by atomic mass is 35.5. The van der Waals surface area contributed by atoms with Gasteiger partial charge in [-0.15, -0.1) is 17.5 Å². The first kappa shape index (κ1) is 19.9. The van der Waals surface area contributed by atoms with Gasteiger partial charge in [-0.3, -0.25) is 4.90 Å². The summed E-state index contributed by atoms with van der Waals surface area (Å²) in [5, 5.41) is 9.29. The molecule has 4 rings (SSSR count). The van der Waals surface area contributed by atoms with Crippen molar-refractivity contribution in [2.24, 2.45) is 0 Å². The van der Waals surface area contributed by atoms with Gasteiger partial charge in [0.1, 0.15) is 5.52 Å². The van der Waals surface area contributed by atoms with Gasteiger partial charge in [-0.25, -0.2) is 4.68 Å². The number of hydrogen-bond acceptors (Lipinski definition) is 4. The lowest BCUT2D eigenvalue weighted by atomic mass is 10.2. The van der Waals surface area contributed by atoms with E-state index < -0.39 is 0 Å². The summed E-state index contributed by atoms with van der Waals surface area (Å²) < 4.78 is 2.02. The summed E-state index contributed by atoms with van der Waals surface area (Å²) in [5.41, 5.74) is 3.34. The Balaban J connectivity index is 0.00000210. The predicted octanol–water partition coefficient (Wildman–Crippen LogP) is 4.11. The van der Waals surface area contributed by atoms with E-state index in [1.165, 1.54) is 12.1 Å². The van der Waals surface area contributed by atoms with Crippen LogP contribution in [0.5, 0.6) is 0 Å². The number of aryl methyl sites for hydroxylation is 1. The van der Waals surface area contributed by atoms with Gasteiger partial charge in [0.25, 0.3) is 0 Å². The Morgan fingerprint density at radius 3 is 2.48 bits per heavy atom. The smallest absolute Gasteiger partial charge is 0.113 e. The zero-order valence-electron chi connectivity index (χ0n) is 15.3. The molecule has 2 heterocycles. The van der Waals surface area contributed by atoms with Crippen molar-refractivity contribution in [1.29, 1.82) is 0 Å². The first-order chi connectivity index (χ1) is 12.8. The minimum atomic E-state index is 0. The van der Waals surface area contributed by atoms with Crippen LogP contribution in [0.15, 0.2) is 48.5 Å². The van der Waals surface area contributed by atoms with E-state index in [0.29, 0.717) is 0 Å². The number of aromatic nitrogens is 3. The van der Waals surface area contributed by atoms with E-state index in [0.717, 1.165) is 61.7 Å². The molecule has 0 N–H and O–H groups in total. The van der Waals surface area contributed by atoms with E-state index in [4.69, 9.17) is 11.6 Å². The van der Waals surface area contributed by atoms with Gasteiger partial charge in [0.15, 0.2) is 0 Å². The maximum absolute atomic E-state index is 6.11.